The van der Waals surface area contributed by atoms with Gasteiger partial charge in [0.15, 0.2) is 0 Å². The molecule has 0 unspecified atom stereocenters. The molecule has 23 heavy (non-hydrogen) atoms. The largest absolute Gasteiger partial charge is 0.370 e. The summed E-state index contributed by atoms with van der Waals surface area (Å²) in [4.78, 5) is 42.7. The Labute approximate surface area is 132 Å². The highest BCUT2D eigenvalue weighted by Gasteiger charge is 2.24. The zero-order valence-corrected chi connectivity index (χ0v) is 13.1. The van der Waals surface area contributed by atoms with Crippen LogP contribution in [0.15, 0.2) is 24.3 Å². The minimum Gasteiger partial charge on any atom is -0.370 e. The number of morpholine rings is 1. The fourth-order valence-corrected chi connectivity index (χ4v) is 2.77. The summed E-state index contributed by atoms with van der Waals surface area (Å²) in [5.74, 6) is -0.833. The maximum atomic E-state index is 11.8. The molecule has 0 radical (unpaired) electrons. The van der Waals surface area contributed by atoms with Gasteiger partial charge in [0.1, 0.15) is 6.61 Å². The average Bonchev–Trinajstić information content (AvgIpc) is 2.47. The zero-order chi connectivity index (χ0) is 17.0. The van der Waals surface area contributed by atoms with Crippen molar-refractivity contribution >= 4 is 30.8 Å². The number of hydrogen-bond acceptors (Lipinski definition) is 5. The third-order valence-electron chi connectivity index (χ3n) is 3.20. The first-order valence-corrected chi connectivity index (χ1v) is 8.65. The highest BCUT2D eigenvalue weighted by Crippen LogP contribution is 2.34. The van der Waals surface area contributed by atoms with E-state index in [1.165, 1.54) is 0 Å². The number of ether oxygens (including phenoxy) is 1. The predicted molar refractivity (Wildman–Crippen MR) is 83.1 cm³/mol. The van der Waals surface area contributed by atoms with Gasteiger partial charge in [0.25, 0.3) is 5.91 Å². The van der Waals surface area contributed by atoms with E-state index in [2.05, 4.69) is 5.32 Å². The van der Waals surface area contributed by atoms with Crippen molar-refractivity contribution in [1.29, 1.82) is 0 Å². The van der Waals surface area contributed by atoms with Crippen molar-refractivity contribution in [2.75, 3.05) is 36.1 Å². The lowest BCUT2D eigenvalue weighted by molar-refractivity contribution is -0.125. The molecule has 1 aliphatic rings. The van der Waals surface area contributed by atoms with Gasteiger partial charge in [0, 0.05) is 17.9 Å². The van der Waals surface area contributed by atoms with Crippen molar-refractivity contribution < 1.29 is 28.7 Å². The van der Waals surface area contributed by atoms with E-state index in [9.17, 15) is 14.2 Å². The summed E-state index contributed by atoms with van der Waals surface area (Å²) in [5, 5.41) is 2.47. The summed E-state index contributed by atoms with van der Waals surface area (Å²) < 4.78 is 15.9. The molecule has 1 aliphatic heterocycles. The molecule has 10 heteroatoms. The lowest BCUT2D eigenvalue weighted by atomic mass is 10.2. The van der Waals surface area contributed by atoms with Crippen LogP contribution < -0.4 is 16.0 Å². The van der Waals surface area contributed by atoms with Crippen LogP contribution >= 0.6 is 7.60 Å². The number of carbonyl (C=O) groups excluding carboxylic acids is 2. The Balaban J connectivity index is 1.98. The lowest BCUT2D eigenvalue weighted by Crippen LogP contribution is -2.41. The van der Waals surface area contributed by atoms with E-state index < -0.39 is 25.7 Å². The van der Waals surface area contributed by atoms with E-state index in [1.807, 2.05) is 0 Å². The number of nitrogens with zero attached hydrogens (tertiary/aromatic N) is 1. The maximum absolute atomic E-state index is 11.8. The third-order valence-corrected chi connectivity index (χ3v) is 4.07. The molecule has 0 bridgehead atoms. The Morgan fingerprint density at radius 2 is 2.04 bits per heavy atom. The van der Waals surface area contributed by atoms with Crippen molar-refractivity contribution in [3.05, 3.63) is 24.3 Å². The van der Waals surface area contributed by atoms with Crippen LogP contribution in [0.3, 0.4) is 0 Å². The number of anilines is 2. The van der Waals surface area contributed by atoms with Crippen molar-refractivity contribution in [3.63, 3.8) is 0 Å². The topological polar surface area (TPSA) is 142 Å². The average molecular weight is 343 g/mol. The van der Waals surface area contributed by atoms with Crippen molar-refractivity contribution in [2.24, 2.45) is 5.73 Å². The maximum Gasteiger partial charge on any atom is 0.327 e. The Hall–Kier alpha value is -1.77. The van der Waals surface area contributed by atoms with E-state index in [0.717, 1.165) is 0 Å². The standard InChI is InChI=1S/C13H18N3O6P/c14-11(8-23(19,20)21)13(18)15-9-1-3-10(4-2-9)16-5-6-22-7-12(16)17/h1-4,11H,5-8,14H2,(H,15,18)(H2,19,20,21)/t11-/m1/s1. The minimum atomic E-state index is -4.36. The van der Waals surface area contributed by atoms with Crippen LogP contribution in [0.2, 0.25) is 0 Å². The molecule has 0 aromatic heterocycles. The smallest absolute Gasteiger partial charge is 0.327 e. The molecule has 1 aromatic rings. The Kier molecular flexibility index (Phi) is 5.51. The van der Waals surface area contributed by atoms with Gasteiger partial charge in [-0.1, -0.05) is 0 Å². The molecule has 1 atom stereocenters. The highest BCUT2D eigenvalue weighted by molar-refractivity contribution is 7.51. The fourth-order valence-electron chi connectivity index (χ4n) is 2.09. The van der Waals surface area contributed by atoms with E-state index in [-0.39, 0.29) is 12.5 Å². The molecule has 0 spiro atoms. The van der Waals surface area contributed by atoms with Gasteiger partial charge in [-0.3, -0.25) is 14.2 Å². The van der Waals surface area contributed by atoms with Gasteiger partial charge in [-0.2, -0.15) is 0 Å². The SMILES string of the molecule is N[C@H](CP(=O)(O)O)C(=O)Nc1ccc(N2CCOCC2=O)cc1. The quantitative estimate of drug-likeness (QED) is 0.528. The van der Waals surface area contributed by atoms with Crippen LogP contribution in [0, 0.1) is 0 Å². The van der Waals surface area contributed by atoms with Gasteiger partial charge >= 0.3 is 7.60 Å². The number of amides is 2. The van der Waals surface area contributed by atoms with Crippen LogP contribution in [0.5, 0.6) is 0 Å². The number of nitrogens with one attached hydrogen (secondary N) is 1. The molecule has 9 nitrogen and oxygen atoms in total. The first kappa shape index (κ1) is 17.6. The number of rotatable bonds is 5. The number of benzene rings is 1. The molecule has 1 aromatic carbocycles. The van der Waals surface area contributed by atoms with Crippen molar-refractivity contribution in [3.8, 4) is 0 Å². The normalized spacial score (nSPS) is 17.0. The second kappa shape index (κ2) is 7.20. The molecule has 5 N–H and O–H groups in total. The van der Waals surface area contributed by atoms with Gasteiger partial charge in [-0.05, 0) is 24.3 Å². The molecular formula is C13H18N3O6P. The van der Waals surface area contributed by atoms with Gasteiger partial charge in [0.05, 0.1) is 18.8 Å². The molecule has 126 valence electrons. The van der Waals surface area contributed by atoms with Gasteiger partial charge in [-0.25, -0.2) is 0 Å². The second-order valence-corrected chi connectivity index (χ2v) is 6.78. The minimum absolute atomic E-state index is 0.0374. The molecule has 1 heterocycles. The lowest BCUT2D eigenvalue weighted by Gasteiger charge is -2.27. The van der Waals surface area contributed by atoms with Crippen LogP contribution in [0.25, 0.3) is 0 Å². The first-order chi connectivity index (χ1) is 10.8. The van der Waals surface area contributed by atoms with Crippen LogP contribution in [0.1, 0.15) is 0 Å². The molecule has 2 rings (SSSR count). The summed E-state index contributed by atoms with van der Waals surface area (Å²) in [6.45, 7) is 0.953. The first-order valence-electron chi connectivity index (χ1n) is 6.85. The van der Waals surface area contributed by atoms with Crippen molar-refractivity contribution in [1.82, 2.24) is 0 Å². The second-order valence-electron chi connectivity index (χ2n) is 5.09. The molecule has 0 saturated carbocycles. The van der Waals surface area contributed by atoms with Gasteiger partial charge in [-0.15, -0.1) is 0 Å². The Bertz CT molecular complexity index is 629. The van der Waals surface area contributed by atoms with Crippen LogP contribution in [-0.4, -0.2) is 53.6 Å². The van der Waals surface area contributed by atoms with Crippen LogP contribution in [0.4, 0.5) is 11.4 Å². The van der Waals surface area contributed by atoms with Crippen molar-refractivity contribution in [2.45, 2.75) is 6.04 Å². The summed E-state index contributed by atoms with van der Waals surface area (Å²) in [5.41, 5.74) is 6.54. The molecule has 1 fully saturated rings. The Morgan fingerprint density at radius 3 is 2.61 bits per heavy atom. The predicted octanol–water partition coefficient (Wildman–Crippen LogP) is -0.507. The highest BCUT2D eigenvalue weighted by atomic mass is 31.2. The van der Waals surface area contributed by atoms with E-state index in [4.69, 9.17) is 20.3 Å². The molecule has 2 amide bonds. The number of carbonyl (C=O) groups is 2. The molecule has 1 saturated heterocycles. The van der Waals surface area contributed by atoms with Gasteiger partial charge in [0.2, 0.25) is 5.91 Å². The number of hydrogen-bond donors (Lipinski definition) is 4. The van der Waals surface area contributed by atoms with E-state index in [0.29, 0.717) is 24.5 Å². The van der Waals surface area contributed by atoms with Gasteiger partial charge < -0.3 is 30.5 Å². The summed E-state index contributed by atoms with van der Waals surface area (Å²) in [7, 11) is -4.36. The van der Waals surface area contributed by atoms with E-state index >= 15 is 0 Å². The molecule has 0 aliphatic carbocycles. The fraction of sp³-hybridized carbons (Fsp3) is 0.385. The third kappa shape index (κ3) is 5.12. The number of nitrogens with two attached hydrogens (primary N) is 1. The summed E-state index contributed by atoms with van der Waals surface area (Å²) in [6.07, 6.45) is -0.723. The summed E-state index contributed by atoms with van der Waals surface area (Å²) in [6, 6.07) is 5.18. The summed E-state index contributed by atoms with van der Waals surface area (Å²) >= 11 is 0. The monoisotopic (exact) mass is 343 g/mol. The molecular weight excluding hydrogens is 325 g/mol. The Morgan fingerprint density at radius 1 is 1.39 bits per heavy atom. The zero-order valence-electron chi connectivity index (χ0n) is 12.2. The van der Waals surface area contributed by atoms with Crippen LogP contribution in [-0.2, 0) is 18.9 Å². The van der Waals surface area contributed by atoms with E-state index in [1.54, 1.807) is 29.2 Å².